The average molecular weight is 465 g/mol. The summed E-state index contributed by atoms with van der Waals surface area (Å²) in [5.74, 6) is -4.19. The minimum absolute atomic E-state index is 0.0358. The molecule has 0 bridgehead atoms. The zero-order valence-electron chi connectivity index (χ0n) is 16.6. The van der Waals surface area contributed by atoms with Gasteiger partial charge in [0.15, 0.2) is 0 Å². The Labute approximate surface area is 176 Å². The predicted octanol–water partition coefficient (Wildman–Crippen LogP) is 2.54. The van der Waals surface area contributed by atoms with Gasteiger partial charge in [-0.15, -0.1) is 0 Å². The van der Waals surface area contributed by atoms with E-state index in [1.165, 1.54) is 18.2 Å². The summed E-state index contributed by atoms with van der Waals surface area (Å²) in [7, 11) is -3.81. The molecule has 0 spiro atoms. The van der Waals surface area contributed by atoms with Crippen molar-refractivity contribution < 1.29 is 41.4 Å². The molecule has 0 radical (unpaired) electrons. The van der Waals surface area contributed by atoms with Crippen molar-refractivity contribution in [2.24, 2.45) is 5.92 Å². The Bertz CT molecular complexity index is 957. The number of alkyl halides is 3. The quantitative estimate of drug-likeness (QED) is 0.499. The molecule has 0 amide bonds. The molecule has 0 heterocycles. The zero-order chi connectivity index (χ0) is 24.0. The molecule has 4 N–H and O–H groups in total. The summed E-state index contributed by atoms with van der Waals surface area (Å²) in [6.07, 6.45) is -3.08. The van der Waals surface area contributed by atoms with Crippen LogP contribution in [-0.2, 0) is 19.6 Å². The van der Waals surface area contributed by atoms with Crippen LogP contribution in [0.25, 0.3) is 0 Å². The van der Waals surface area contributed by atoms with Crippen molar-refractivity contribution in [1.82, 2.24) is 4.72 Å². The summed E-state index contributed by atoms with van der Waals surface area (Å²) in [6, 6.07) is 5.63. The number of carboxylic acids is 2. The van der Waals surface area contributed by atoms with Gasteiger partial charge in [-0.2, -0.15) is 18.4 Å². The molecule has 1 aromatic rings. The van der Waals surface area contributed by atoms with Gasteiger partial charge in [0.25, 0.3) is 0 Å². The van der Waals surface area contributed by atoms with E-state index in [0.29, 0.717) is 18.5 Å². The van der Waals surface area contributed by atoms with Crippen molar-refractivity contribution in [2.75, 3.05) is 5.32 Å². The van der Waals surface area contributed by atoms with Crippen LogP contribution >= 0.6 is 0 Å². The summed E-state index contributed by atoms with van der Waals surface area (Å²) in [5, 5.41) is 28.5. The molecule has 0 aliphatic heterocycles. The smallest absolute Gasteiger partial charge is 0.481 e. The normalized spacial score (nSPS) is 18.6. The Balaban J connectivity index is 0.000000592. The second-order valence-corrected chi connectivity index (χ2v) is 8.71. The molecule has 0 aromatic heterocycles. The Morgan fingerprint density at radius 3 is 2.26 bits per heavy atom. The number of hydrogen-bond acceptors (Lipinski definition) is 6. The number of benzene rings is 1. The molecule has 9 nitrogen and oxygen atoms in total. The summed E-state index contributed by atoms with van der Waals surface area (Å²) in [5.41, 5.74) is 0.547. The maximum Gasteiger partial charge on any atom is 0.490 e. The first-order valence-corrected chi connectivity index (χ1v) is 10.5. The minimum Gasteiger partial charge on any atom is -0.481 e. The molecular formula is C18H22F3N3O6S. The van der Waals surface area contributed by atoms with Crippen molar-refractivity contribution >= 4 is 27.6 Å². The molecule has 1 aliphatic rings. The van der Waals surface area contributed by atoms with Crippen LogP contribution in [0.2, 0.25) is 0 Å². The lowest BCUT2D eigenvalue weighted by Gasteiger charge is -2.21. The number of nitrogens with zero attached hydrogens (tertiary/aromatic N) is 1. The van der Waals surface area contributed by atoms with E-state index in [9.17, 15) is 31.5 Å². The third-order valence-corrected chi connectivity index (χ3v) is 5.91. The lowest BCUT2D eigenvalue weighted by molar-refractivity contribution is -0.192. The number of halogens is 3. The molecule has 1 saturated carbocycles. The molecule has 1 aromatic carbocycles. The van der Waals surface area contributed by atoms with E-state index in [1.54, 1.807) is 13.8 Å². The Morgan fingerprint density at radius 2 is 1.81 bits per heavy atom. The van der Waals surface area contributed by atoms with Crippen molar-refractivity contribution in [3.8, 4) is 6.07 Å². The van der Waals surface area contributed by atoms with Crippen molar-refractivity contribution in [2.45, 2.75) is 56.3 Å². The number of anilines is 1. The monoisotopic (exact) mass is 465 g/mol. The van der Waals surface area contributed by atoms with Crippen LogP contribution in [0.1, 0.15) is 38.7 Å². The molecule has 0 saturated heterocycles. The fourth-order valence-corrected chi connectivity index (χ4v) is 4.38. The maximum atomic E-state index is 12.5. The average Bonchev–Trinajstić information content (AvgIpc) is 3.09. The summed E-state index contributed by atoms with van der Waals surface area (Å²) >= 11 is 0. The lowest BCUT2D eigenvalue weighted by Crippen LogP contribution is -2.33. The van der Waals surface area contributed by atoms with Gasteiger partial charge in [0.2, 0.25) is 10.0 Å². The van der Waals surface area contributed by atoms with E-state index in [4.69, 9.17) is 15.2 Å². The topological polar surface area (TPSA) is 157 Å². The Morgan fingerprint density at radius 1 is 1.23 bits per heavy atom. The number of sulfonamides is 1. The van der Waals surface area contributed by atoms with Crippen LogP contribution in [0.4, 0.5) is 18.9 Å². The van der Waals surface area contributed by atoms with Crippen molar-refractivity contribution in [3.63, 3.8) is 0 Å². The standard InChI is InChI=1S/C16H21N3O4S.C2HF3O2/c1-10(2)19-24(22,23)15-8-11(9-17)6-7-14(15)18-13-5-3-4-12(13)16(20)21;3-2(4,5)1(6)7/h6-8,10,12-13,18-19H,3-5H2,1-2H3,(H,20,21);(H,6,7). The van der Waals surface area contributed by atoms with Crippen LogP contribution in [-0.4, -0.2) is 48.8 Å². The number of nitriles is 1. The molecule has 1 fully saturated rings. The molecule has 13 heteroatoms. The van der Waals surface area contributed by atoms with Crippen LogP contribution in [0.5, 0.6) is 0 Å². The second-order valence-electron chi connectivity index (χ2n) is 7.03. The first kappa shape index (κ1) is 26.2. The second kappa shape index (κ2) is 10.5. The molecule has 1 aliphatic carbocycles. The van der Waals surface area contributed by atoms with E-state index in [0.717, 1.165) is 6.42 Å². The molecule has 172 valence electrons. The molecule has 2 unspecified atom stereocenters. The SMILES string of the molecule is CC(C)NS(=O)(=O)c1cc(C#N)ccc1NC1CCCC1C(=O)O.O=C(O)C(F)(F)F. The van der Waals surface area contributed by atoms with Crippen LogP contribution < -0.4 is 10.0 Å². The highest BCUT2D eigenvalue weighted by atomic mass is 32.2. The largest absolute Gasteiger partial charge is 0.490 e. The van der Waals surface area contributed by atoms with Crippen molar-refractivity contribution in [1.29, 1.82) is 5.26 Å². The maximum absolute atomic E-state index is 12.5. The number of carbonyl (C=O) groups is 2. The van der Waals surface area contributed by atoms with Crippen molar-refractivity contribution in [3.05, 3.63) is 23.8 Å². The van der Waals surface area contributed by atoms with Gasteiger partial charge < -0.3 is 15.5 Å². The Kier molecular flexibility index (Phi) is 8.83. The third kappa shape index (κ3) is 7.72. The summed E-state index contributed by atoms with van der Waals surface area (Å²) in [6.45, 7) is 3.41. The highest BCUT2D eigenvalue weighted by molar-refractivity contribution is 7.89. The fraction of sp³-hybridized carbons (Fsp3) is 0.500. The molecule has 2 rings (SSSR count). The number of rotatable bonds is 6. The third-order valence-electron chi connectivity index (χ3n) is 4.21. The van der Waals surface area contributed by atoms with Gasteiger partial charge in [0.1, 0.15) is 4.90 Å². The number of nitrogens with one attached hydrogen (secondary N) is 2. The molecular weight excluding hydrogens is 443 g/mol. The fourth-order valence-electron chi connectivity index (χ4n) is 2.94. The van der Waals surface area contributed by atoms with E-state index < -0.39 is 34.1 Å². The lowest BCUT2D eigenvalue weighted by atomic mass is 10.0. The zero-order valence-corrected chi connectivity index (χ0v) is 17.4. The van der Waals surface area contributed by atoms with Crippen LogP contribution in [0.3, 0.4) is 0 Å². The van der Waals surface area contributed by atoms with E-state index >= 15 is 0 Å². The first-order valence-electron chi connectivity index (χ1n) is 9.05. The minimum atomic E-state index is -5.08. The summed E-state index contributed by atoms with van der Waals surface area (Å²) < 4.78 is 59.3. The summed E-state index contributed by atoms with van der Waals surface area (Å²) in [4.78, 5) is 20.2. The highest BCUT2D eigenvalue weighted by Gasteiger charge is 2.38. The van der Waals surface area contributed by atoms with E-state index in [2.05, 4.69) is 10.0 Å². The number of hydrogen-bond donors (Lipinski definition) is 4. The van der Waals surface area contributed by atoms with Crippen LogP contribution in [0, 0.1) is 17.2 Å². The van der Waals surface area contributed by atoms with Gasteiger partial charge >= 0.3 is 18.1 Å². The number of aliphatic carboxylic acids is 2. The van der Waals surface area contributed by atoms with Gasteiger partial charge in [-0.05, 0) is 44.9 Å². The Hall–Kier alpha value is -2.85. The molecule has 2 atom stereocenters. The highest BCUT2D eigenvalue weighted by Crippen LogP contribution is 2.31. The van der Waals surface area contributed by atoms with E-state index in [-0.39, 0.29) is 22.5 Å². The van der Waals surface area contributed by atoms with Gasteiger partial charge in [-0.3, -0.25) is 4.79 Å². The van der Waals surface area contributed by atoms with Gasteiger partial charge in [0, 0.05) is 12.1 Å². The van der Waals surface area contributed by atoms with E-state index in [1.807, 2.05) is 6.07 Å². The van der Waals surface area contributed by atoms with Gasteiger partial charge in [-0.1, -0.05) is 6.42 Å². The van der Waals surface area contributed by atoms with Crippen LogP contribution in [0.15, 0.2) is 23.1 Å². The van der Waals surface area contributed by atoms with Gasteiger partial charge in [0.05, 0.1) is 23.2 Å². The molecule has 31 heavy (non-hydrogen) atoms. The number of carboxylic acid groups (broad SMARTS) is 2. The van der Waals surface area contributed by atoms with Gasteiger partial charge in [-0.25, -0.2) is 17.9 Å². The first-order chi connectivity index (χ1) is 14.2. The predicted molar refractivity (Wildman–Crippen MR) is 103 cm³/mol.